The Bertz CT molecular complexity index is 1640. The number of rotatable bonds is 6. The van der Waals surface area contributed by atoms with Gasteiger partial charge in [0.1, 0.15) is 12.2 Å². The summed E-state index contributed by atoms with van der Waals surface area (Å²) in [7, 11) is 0. The molecule has 5 aromatic rings. The molecule has 0 radical (unpaired) electrons. The summed E-state index contributed by atoms with van der Waals surface area (Å²) in [4.78, 5) is 14.7. The molecule has 198 valence electrons. The number of tetrazole rings is 1. The number of aliphatic hydroxyl groups is 2. The summed E-state index contributed by atoms with van der Waals surface area (Å²) in [6.07, 6.45) is -3.06. The molecule has 1 saturated heterocycles. The number of aryl methyl sites for hydroxylation is 1. The van der Waals surface area contributed by atoms with Crippen LogP contribution in [-0.4, -0.2) is 68.7 Å². The van der Waals surface area contributed by atoms with E-state index in [-0.39, 0.29) is 17.0 Å². The molecular formula is C26H24ClN9O3. The number of nitrogens with one attached hydrogen (secondary N) is 1. The summed E-state index contributed by atoms with van der Waals surface area (Å²) in [5.41, 5.74) is 5.75. The minimum Gasteiger partial charge on any atom is -0.387 e. The number of aliphatic hydroxyl groups excluding tert-OH is 2. The molecule has 13 heteroatoms. The van der Waals surface area contributed by atoms with Gasteiger partial charge in [-0.05, 0) is 46.0 Å². The maximum atomic E-state index is 10.9. The van der Waals surface area contributed by atoms with Crippen LogP contribution in [0.2, 0.25) is 5.28 Å². The van der Waals surface area contributed by atoms with Crippen molar-refractivity contribution in [3.63, 3.8) is 0 Å². The highest BCUT2D eigenvalue weighted by Crippen LogP contribution is 2.45. The fourth-order valence-electron chi connectivity index (χ4n) is 5.48. The summed E-state index contributed by atoms with van der Waals surface area (Å²) in [6, 6.07) is 16.8. The number of hydrogen-bond donors (Lipinski definition) is 3. The third-order valence-electron chi connectivity index (χ3n) is 7.35. The Hall–Kier alpha value is -3.97. The first-order valence-corrected chi connectivity index (χ1v) is 13.0. The van der Waals surface area contributed by atoms with Crippen LogP contribution in [-0.2, 0) is 11.3 Å². The van der Waals surface area contributed by atoms with Gasteiger partial charge in [0.15, 0.2) is 29.3 Å². The van der Waals surface area contributed by atoms with Crippen molar-refractivity contribution in [2.75, 3.05) is 11.9 Å². The van der Waals surface area contributed by atoms with Gasteiger partial charge in [0.2, 0.25) is 11.1 Å². The number of aromatic nitrogens is 8. The third kappa shape index (κ3) is 3.87. The molecule has 12 nitrogen and oxygen atoms in total. The smallest absolute Gasteiger partial charge is 0.226 e. The summed E-state index contributed by atoms with van der Waals surface area (Å²) < 4.78 is 7.54. The molecule has 2 aliphatic rings. The maximum Gasteiger partial charge on any atom is 0.226 e. The van der Waals surface area contributed by atoms with Gasteiger partial charge >= 0.3 is 0 Å². The van der Waals surface area contributed by atoms with Gasteiger partial charge in [0.05, 0.1) is 12.9 Å². The lowest BCUT2D eigenvalue weighted by Crippen LogP contribution is -2.29. The Morgan fingerprint density at radius 3 is 2.41 bits per heavy atom. The minimum absolute atomic E-state index is 0.0103. The molecule has 0 spiro atoms. The monoisotopic (exact) mass is 545 g/mol. The van der Waals surface area contributed by atoms with Crippen molar-refractivity contribution in [3.05, 3.63) is 77.1 Å². The second-order valence-electron chi connectivity index (χ2n) is 9.54. The Kier molecular flexibility index (Phi) is 5.77. The van der Waals surface area contributed by atoms with Gasteiger partial charge in [-0.3, -0.25) is 4.57 Å². The lowest BCUT2D eigenvalue weighted by atomic mass is 9.97. The molecule has 3 N–H and O–H groups in total. The van der Waals surface area contributed by atoms with E-state index in [0.29, 0.717) is 30.1 Å². The largest absolute Gasteiger partial charge is 0.387 e. The molecule has 1 aliphatic carbocycles. The van der Waals surface area contributed by atoms with Crippen LogP contribution in [0.25, 0.3) is 22.3 Å². The Balaban J connectivity index is 1.19. The fraction of sp³-hybridized carbons (Fsp3) is 0.308. The highest BCUT2D eigenvalue weighted by molar-refractivity contribution is 6.28. The molecule has 7 rings (SSSR count). The van der Waals surface area contributed by atoms with Crippen LogP contribution in [0.4, 0.5) is 5.82 Å². The van der Waals surface area contributed by atoms with E-state index >= 15 is 0 Å². The van der Waals surface area contributed by atoms with Gasteiger partial charge in [-0.25, -0.2) is 4.98 Å². The standard InChI is InChI=1S/C26H24ClN9O3/c1-2-36-33-23(32-34-36)21-19(37)20(38)25(39-21)35-12-29-18-22(30-26(27)31-24(18)35)28-11-17-15-9-5-3-7-13(15)14-8-4-6-10-16(14)17/h3-10,12,17,19-21,25,37-38H,2,11H2,1H3,(H,28,30,31)/t19-,20+,21-,25+/m0/s1. The van der Waals surface area contributed by atoms with E-state index in [9.17, 15) is 10.2 Å². The molecule has 4 heterocycles. The van der Waals surface area contributed by atoms with Crippen molar-refractivity contribution in [2.45, 2.75) is 43.9 Å². The first kappa shape index (κ1) is 24.1. The van der Waals surface area contributed by atoms with Crippen molar-refractivity contribution < 1.29 is 14.9 Å². The van der Waals surface area contributed by atoms with E-state index < -0.39 is 24.5 Å². The summed E-state index contributed by atoms with van der Waals surface area (Å²) in [6.45, 7) is 2.94. The van der Waals surface area contributed by atoms with Crippen molar-refractivity contribution >= 4 is 28.6 Å². The van der Waals surface area contributed by atoms with Gasteiger partial charge < -0.3 is 20.3 Å². The number of ether oxygens (including phenoxy) is 1. The zero-order valence-electron chi connectivity index (χ0n) is 20.8. The lowest BCUT2D eigenvalue weighted by molar-refractivity contribution is -0.0384. The minimum atomic E-state index is -1.29. The van der Waals surface area contributed by atoms with Gasteiger partial charge in [0.25, 0.3) is 0 Å². The van der Waals surface area contributed by atoms with Gasteiger partial charge in [-0.1, -0.05) is 48.5 Å². The summed E-state index contributed by atoms with van der Waals surface area (Å²) in [5.74, 6) is 0.758. The van der Waals surface area contributed by atoms with Crippen LogP contribution in [0.1, 0.15) is 42.1 Å². The highest BCUT2D eigenvalue weighted by atomic mass is 35.5. The van der Waals surface area contributed by atoms with Gasteiger partial charge in [0, 0.05) is 12.5 Å². The van der Waals surface area contributed by atoms with Crippen LogP contribution in [0.3, 0.4) is 0 Å². The molecule has 4 atom stereocenters. The summed E-state index contributed by atoms with van der Waals surface area (Å²) in [5, 5.41) is 37.1. The van der Waals surface area contributed by atoms with Crippen LogP contribution in [0.5, 0.6) is 0 Å². The number of hydrogen-bond acceptors (Lipinski definition) is 10. The maximum absolute atomic E-state index is 10.9. The Morgan fingerprint density at radius 1 is 1.00 bits per heavy atom. The predicted octanol–water partition coefficient (Wildman–Crippen LogP) is 2.70. The predicted molar refractivity (Wildman–Crippen MR) is 141 cm³/mol. The van der Waals surface area contributed by atoms with Crippen molar-refractivity contribution in [1.29, 1.82) is 0 Å². The number of imidazole rings is 1. The molecule has 0 amide bonds. The quantitative estimate of drug-likeness (QED) is 0.272. The number of benzene rings is 2. The topological polar surface area (TPSA) is 149 Å². The zero-order chi connectivity index (χ0) is 26.7. The molecule has 0 bridgehead atoms. The van der Waals surface area contributed by atoms with E-state index in [0.717, 1.165) is 0 Å². The number of fused-ring (bicyclic) bond motifs is 4. The van der Waals surface area contributed by atoms with E-state index in [2.05, 4.69) is 72.1 Å². The molecule has 1 aliphatic heterocycles. The molecular weight excluding hydrogens is 522 g/mol. The number of nitrogens with zero attached hydrogens (tertiary/aromatic N) is 8. The second kappa shape index (κ2) is 9.35. The SMILES string of the molecule is CCn1nnc([C@H]2O[C@@H](n3cnc4c(NCC5c6ccccc6-c6ccccc65)nc(Cl)nc43)[C@H](O)[C@@H]2O)n1. The van der Waals surface area contributed by atoms with Crippen molar-refractivity contribution in [2.24, 2.45) is 0 Å². The van der Waals surface area contributed by atoms with E-state index in [1.54, 1.807) is 0 Å². The highest BCUT2D eigenvalue weighted by Gasteiger charge is 2.47. The number of anilines is 1. The Labute approximate surface area is 227 Å². The first-order valence-electron chi connectivity index (χ1n) is 12.6. The van der Waals surface area contributed by atoms with E-state index in [1.807, 2.05) is 19.1 Å². The van der Waals surface area contributed by atoms with E-state index in [4.69, 9.17) is 16.3 Å². The Morgan fingerprint density at radius 2 is 1.72 bits per heavy atom. The van der Waals surface area contributed by atoms with Crippen LogP contribution in [0.15, 0.2) is 54.9 Å². The fourth-order valence-corrected chi connectivity index (χ4v) is 5.65. The molecule has 0 saturated carbocycles. The number of halogens is 1. The molecule has 0 unspecified atom stereocenters. The van der Waals surface area contributed by atoms with Gasteiger partial charge in [-0.2, -0.15) is 14.8 Å². The zero-order valence-corrected chi connectivity index (χ0v) is 21.5. The van der Waals surface area contributed by atoms with Crippen LogP contribution in [0, 0.1) is 0 Å². The van der Waals surface area contributed by atoms with Crippen molar-refractivity contribution in [1.82, 2.24) is 39.7 Å². The van der Waals surface area contributed by atoms with Crippen LogP contribution >= 0.6 is 11.6 Å². The molecule has 39 heavy (non-hydrogen) atoms. The average molecular weight is 546 g/mol. The molecule has 3 aromatic heterocycles. The first-order chi connectivity index (χ1) is 19.0. The van der Waals surface area contributed by atoms with Crippen LogP contribution < -0.4 is 5.32 Å². The lowest BCUT2D eigenvalue weighted by Gasteiger charge is -2.17. The van der Waals surface area contributed by atoms with Gasteiger partial charge in [-0.15, -0.1) is 10.2 Å². The average Bonchev–Trinajstić information content (AvgIpc) is 3.72. The van der Waals surface area contributed by atoms with Crippen molar-refractivity contribution in [3.8, 4) is 11.1 Å². The molecule has 2 aromatic carbocycles. The summed E-state index contributed by atoms with van der Waals surface area (Å²) >= 11 is 6.34. The van der Waals surface area contributed by atoms with E-state index in [1.165, 1.54) is 37.9 Å². The normalized spacial score (nSPS) is 22.4. The molecule has 1 fully saturated rings. The third-order valence-corrected chi connectivity index (χ3v) is 7.52. The second-order valence-corrected chi connectivity index (χ2v) is 9.88.